The minimum absolute atomic E-state index is 0. The molecule has 1 aliphatic rings. The van der Waals surface area contributed by atoms with Gasteiger partial charge in [-0.05, 0) is 146 Å². The highest BCUT2D eigenvalue weighted by atomic mass is 35.5. The highest BCUT2D eigenvalue weighted by Gasteiger charge is 2.19. The summed E-state index contributed by atoms with van der Waals surface area (Å²) in [6.45, 7) is 2.00. The second-order valence-corrected chi connectivity index (χ2v) is 24.6. The molecule has 5 heterocycles. The highest BCUT2D eigenvalue weighted by Crippen LogP contribution is 2.39. The van der Waals surface area contributed by atoms with Crippen molar-refractivity contribution in [2.24, 2.45) is 0 Å². The van der Waals surface area contributed by atoms with Crippen molar-refractivity contribution < 1.29 is 14.8 Å². The molecule has 0 aliphatic carbocycles. The molecule has 9 nitrogen and oxygen atoms in total. The van der Waals surface area contributed by atoms with Crippen molar-refractivity contribution in [1.82, 2.24) is 29.9 Å². The lowest BCUT2D eigenvalue weighted by molar-refractivity contribution is 0.198. The van der Waals surface area contributed by atoms with Crippen LogP contribution in [0.2, 0.25) is 15.3 Å². The molecule has 438 valence electrons. The van der Waals surface area contributed by atoms with Gasteiger partial charge >= 0.3 is 7.12 Å². The van der Waals surface area contributed by atoms with Gasteiger partial charge in [0.05, 0.1) is 0 Å². The second kappa shape index (κ2) is 26.6. The van der Waals surface area contributed by atoms with Crippen molar-refractivity contribution in [3.8, 4) is 56.9 Å². The third-order valence-electron chi connectivity index (χ3n) is 15.7. The summed E-state index contributed by atoms with van der Waals surface area (Å²) in [6.07, 6.45) is 2.56. The third-order valence-corrected chi connectivity index (χ3v) is 18.8. The van der Waals surface area contributed by atoms with Gasteiger partial charge in [-0.1, -0.05) is 194 Å². The van der Waals surface area contributed by atoms with Gasteiger partial charge < -0.3 is 14.8 Å². The van der Waals surface area contributed by atoms with E-state index in [4.69, 9.17) is 69.5 Å². The van der Waals surface area contributed by atoms with Crippen LogP contribution in [-0.2, 0) is 4.74 Å². The number of aromatic nitrogens is 6. The molecular weight excluding hydrogens is 1210 g/mol. The molecule has 0 amide bonds. The lowest BCUT2D eigenvalue weighted by Gasteiger charge is -2.11. The van der Waals surface area contributed by atoms with Crippen LogP contribution in [0.5, 0.6) is 0 Å². The zero-order chi connectivity index (χ0) is 60.4. The van der Waals surface area contributed by atoms with E-state index in [1.807, 2.05) is 78.9 Å². The lowest BCUT2D eigenvalue weighted by Crippen LogP contribution is -2.30. The molecule has 90 heavy (non-hydrogen) atoms. The average molecular weight is 1270 g/mol. The van der Waals surface area contributed by atoms with E-state index < -0.39 is 7.12 Å². The normalized spacial score (nSPS) is 12.0. The standard InChI is InChI=1S/C35H20ClN3S.C25H14ClN3S.C10H8BClO2.C4H8O.CH4/c36-30-17-16-28(25-9-3-4-10-26(25)30)35-38-33(23-14-13-21-7-1-2-8-22(21)19-23)37-34(39-35)24-15-18-32-29(20-24)27-11-5-6-12-31(27)40-32;26-25-28-23(17-10-9-15-5-1-2-6-16(15)13-17)27-24(29-25)18-11-12-22-20(14-18)19-7-3-4-8-21(19)30-22;12-10-6-5-9(11(13)14)7-3-1-2-4-8(7)10;1-2-4-5-3-1;/h1-20H;1-14H;1-6,13-14H;1-4H2;1H4. The number of rotatable bonds is 6. The Labute approximate surface area is 542 Å². The lowest BCUT2D eigenvalue weighted by atomic mass is 9.77. The summed E-state index contributed by atoms with van der Waals surface area (Å²) in [5, 5.41) is 32.9. The molecule has 15 heteroatoms. The van der Waals surface area contributed by atoms with Gasteiger partial charge in [-0.15, -0.1) is 22.7 Å². The minimum atomic E-state index is -1.46. The number of ether oxygens (including phenoxy) is 1. The number of fused-ring (bicyclic) bond motifs is 10. The average Bonchev–Trinajstić information content (AvgIpc) is 1.50. The smallest absolute Gasteiger partial charge is 0.423 e. The molecule has 0 spiro atoms. The maximum Gasteiger partial charge on any atom is 0.489 e. The molecule has 2 N–H and O–H groups in total. The van der Waals surface area contributed by atoms with E-state index >= 15 is 0 Å². The van der Waals surface area contributed by atoms with Crippen LogP contribution in [0.25, 0.3) is 140 Å². The number of nitrogens with zero attached hydrogens (tertiary/aromatic N) is 6. The van der Waals surface area contributed by atoms with Crippen LogP contribution in [0, 0.1) is 0 Å². The SMILES string of the molecule is C.C1CCOC1.Clc1ccc(-c2nc(-c3ccc4ccccc4c3)nc(-c3ccc4sc5ccccc5c4c3)n2)c2ccccc12.Clc1nc(-c2ccc3ccccc3c2)nc(-c2ccc3sc4ccccc4c3c2)n1.OB(O)c1ccc(Cl)c2ccccc12. The number of thiophene rings is 2. The Morgan fingerprint density at radius 2 is 0.711 bits per heavy atom. The Morgan fingerprint density at radius 1 is 0.333 bits per heavy atom. The van der Waals surface area contributed by atoms with Crippen molar-refractivity contribution in [3.05, 3.63) is 258 Å². The number of halogens is 3. The van der Waals surface area contributed by atoms with E-state index in [-0.39, 0.29) is 12.7 Å². The van der Waals surface area contributed by atoms with Crippen molar-refractivity contribution in [1.29, 1.82) is 0 Å². The monoisotopic (exact) mass is 1270 g/mol. The fourth-order valence-corrected chi connectivity index (χ4v) is 14.0. The maximum absolute atomic E-state index is 9.13. The van der Waals surface area contributed by atoms with Gasteiger partial charge in [0.15, 0.2) is 29.1 Å². The minimum Gasteiger partial charge on any atom is -0.423 e. The molecule has 0 saturated carbocycles. The summed E-state index contributed by atoms with van der Waals surface area (Å²) in [4.78, 5) is 28.6. The molecule has 4 aromatic heterocycles. The van der Waals surface area contributed by atoms with E-state index in [2.05, 4.69) is 162 Å². The van der Waals surface area contributed by atoms with Crippen molar-refractivity contribution >= 4 is 153 Å². The van der Waals surface area contributed by atoms with Crippen LogP contribution in [0.4, 0.5) is 0 Å². The molecule has 12 aromatic carbocycles. The fourth-order valence-electron chi connectivity index (χ4n) is 11.2. The summed E-state index contributed by atoms with van der Waals surface area (Å²) in [6, 6.07) is 81.6. The van der Waals surface area contributed by atoms with Gasteiger partial charge in [-0.25, -0.2) is 19.9 Å². The van der Waals surface area contributed by atoms with E-state index in [0.717, 1.165) is 73.3 Å². The first-order chi connectivity index (χ1) is 43.6. The fraction of sp³-hybridized carbons (Fsp3) is 0.0667. The molecular formula is C75H54BCl3N6O3S2. The molecule has 0 bridgehead atoms. The molecule has 16 aromatic rings. The summed E-state index contributed by atoms with van der Waals surface area (Å²) in [5.74, 6) is 3.06. The summed E-state index contributed by atoms with van der Waals surface area (Å²) in [7, 11) is -1.46. The van der Waals surface area contributed by atoms with Crippen LogP contribution in [-0.4, -0.2) is 60.3 Å². The van der Waals surface area contributed by atoms with Gasteiger partial charge in [0, 0.05) is 96.8 Å². The van der Waals surface area contributed by atoms with Crippen LogP contribution in [0.1, 0.15) is 20.3 Å². The van der Waals surface area contributed by atoms with Gasteiger partial charge in [0.25, 0.3) is 0 Å². The van der Waals surface area contributed by atoms with Crippen molar-refractivity contribution in [3.63, 3.8) is 0 Å². The van der Waals surface area contributed by atoms with Gasteiger partial charge in [0.1, 0.15) is 0 Å². The predicted molar refractivity (Wildman–Crippen MR) is 381 cm³/mol. The van der Waals surface area contributed by atoms with Gasteiger partial charge in [-0.2, -0.15) is 9.97 Å². The summed E-state index contributed by atoms with van der Waals surface area (Å²) < 4.78 is 9.98. The summed E-state index contributed by atoms with van der Waals surface area (Å²) in [5.41, 5.74) is 5.15. The topological polar surface area (TPSA) is 127 Å². The predicted octanol–water partition coefficient (Wildman–Crippen LogP) is 20.2. The van der Waals surface area contributed by atoms with Crippen LogP contribution in [0.15, 0.2) is 243 Å². The molecule has 0 unspecified atom stereocenters. The molecule has 1 saturated heterocycles. The van der Waals surface area contributed by atoms with E-state index in [0.29, 0.717) is 44.6 Å². The third kappa shape index (κ3) is 12.5. The summed E-state index contributed by atoms with van der Waals surface area (Å²) >= 11 is 22.4. The first kappa shape index (κ1) is 59.9. The Morgan fingerprint density at radius 3 is 1.20 bits per heavy atom. The van der Waals surface area contributed by atoms with Gasteiger partial charge in [0.2, 0.25) is 5.28 Å². The quantitative estimate of drug-likeness (QED) is 0.156. The van der Waals surface area contributed by atoms with Crippen molar-refractivity contribution in [2.45, 2.75) is 20.3 Å². The Balaban J connectivity index is 0.000000130. The Bertz CT molecular complexity index is 5320. The largest absolute Gasteiger partial charge is 0.489 e. The zero-order valence-corrected chi connectivity index (χ0v) is 51.3. The number of benzene rings is 12. The number of hydrogen-bond acceptors (Lipinski definition) is 11. The van der Waals surface area contributed by atoms with Crippen LogP contribution >= 0.6 is 57.5 Å². The van der Waals surface area contributed by atoms with E-state index in [1.54, 1.807) is 34.8 Å². The van der Waals surface area contributed by atoms with Crippen LogP contribution in [0.3, 0.4) is 0 Å². The Hall–Kier alpha value is -9.05. The molecule has 0 radical (unpaired) electrons. The Kier molecular flexibility index (Phi) is 17.7. The molecule has 1 fully saturated rings. The molecule has 0 atom stereocenters. The van der Waals surface area contributed by atoms with E-state index in [1.165, 1.54) is 64.0 Å². The highest BCUT2D eigenvalue weighted by molar-refractivity contribution is 7.26. The number of hydrogen-bond donors (Lipinski definition) is 2. The van der Waals surface area contributed by atoms with E-state index in [9.17, 15) is 0 Å². The molecule has 1 aliphatic heterocycles. The van der Waals surface area contributed by atoms with Crippen molar-refractivity contribution in [2.75, 3.05) is 13.2 Å². The first-order valence-electron chi connectivity index (χ1n) is 28.9. The zero-order valence-electron chi connectivity index (χ0n) is 47.4. The second-order valence-electron chi connectivity index (χ2n) is 21.3. The first-order valence-corrected chi connectivity index (χ1v) is 31.7. The maximum atomic E-state index is 9.13. The van der Waals surface area contributed by atoms with Crippen LogP contribution < -0.4 is 5.46 Å². The van der Waals surface area contributed by atoms with Gasteiger partial charge in [-0.3, -0.25) is 0 Å². The molecule has 17 rings (SSSR count).